The molecule has 2 aromatic carbocycles. The van der Waals surface area contributed by atoms with Gasteiger partial charge >= 0.3 is 0 Å². The van der Waals surface area contributed by atoms with Crippen molar-refractivity contribution in [2.24, 2.45) is 9.98 Å². The Morgan fingerprint density at radius 1 is 0.650 bits per heavy atom. The van der Waals surface area contributed by atoms with Crippen LogP contribution in [0.1, 0.15) is 22.3 Å². The number of nitrogens with zero attached hydrogens (tertiary/aromatic N) is 2. The van der Waals surface area contributed by atoms with Crippen molar-refractivity contribution < 1.29 is 0 Å². The molecule has 0 radical (unpaired) electrons. The molecule has 0 aliphatic carbocycles. The number of benzene rings is 2. The molecule has 0 fully saturated rings. The maximum atomic E-state index is 4.07. The Bertz CT molecular complexity index is 607. The first kappa shape index (κ1) is 13.9. The minimum absolute atomic E-state index is 1.08. The lowest BCUT2D eigenvalue weighted by Crippen LogP contribution is -1.89. The van der Waals surface area contributed by atoms with Gasteiger partial charge in [0.15, 0.2) is 0 Å². The van der Waals surface area contributed by atoms with Crippen LogP contribution < -0.4 is 0 Å². The first-order chi connectivity index (χ1) is 9.81. The van der Waals surface area contributed by atoms with E-state index >= 15 is 0 Å². The number of hydrogen-bond donors (Lipinski definition) is 0. The van der Waals surface area contributed by atoms with Gasteiger partial charge in [0, 0.05) is 26.5 Å². The average molecular weight is 262 g/mol. The van der Waals surface area contributed by atoms with Gasteiger partial charge in [-0.25, -0.2) is 0 Å². The third kappa shape index (κ3) is 4.02. The Labute approximate surface area is 120 Å². The number of aliphatic imine (C=N–C) groups is 2. The van der Waals surface area contributed by atoms with Crippen LogP contribution in [0.4, 0.5) is 0 Å². The molecule has 2 heteroatoms. The molecule has 0 saturated heterocycles. The fourth-order valence-electron chi connectivity index (χ4n) is 2.00. The molecule has 100 valence electrons. The van der Waals surface area contributed by atoms with Gasteiger partial charge in [-0.15, -0.1) is 0 Å². The predicted octanol–water partition coefficient (Wildman–Crippen LogP) is 3.95. The van der Waals surface area contributed by atoms with E-state index in [-0.39, 0.29) is 0 Å². The van der Waals surface area contributed by atoms with E-state index in [9.17, 15) is 0 Å². The van der Waals surface area contributed by atoms with Crippen molar-refractivity contribution in [1.29, 1.82) is 0 Å². The van der Waals surface area contributed by atoms with Gasteiger partial charge in [-0.05, 0) is 40.5 Å². The molecule has 0 amide bonds. The van der Waals surface area contributed by atoms with E-state index in [1.54, 1.807) is 14.1 Å². The second kappa shape index (κ2) is 7.19. The van der Waals surface area contributed by atoms with Crippen LogP contribution in [0.25, 0.3) is 12.2 Å². The van der Waals surface area contributed by atoms with Crippen molar-refractivity contribution in [2.45, 2.75) is 0 Å². The van der Waals surface area contributed by atoms with Crippen LogP contribution in [0.15, 0.2) is 58.5 Å². The smallest absolute Gasteiger partial charge is 0.0281 e. The van der Waals surface area contributed by atoms with Gasteiger partial charge in [0.05, 0.1) is 0 Å². The third-order valence-corrected chi connectivity index (χ3v) is 2.82. The lowest BCUT2D eigenvalue weighted by atomic mass is 10.1. The van der Waals surface area contributed by atoms with Crippen LogP contribution in [0.3, 0.4) is 0 Å². The first-order valence-corrected chi connectivity index (χ1v) is 6.54. The Balaban J connectivity index is 2.33. The average Bonchev–Trinajstić information content (AvgIpc) is 2.47. The van der Waals surface area contributed by atoms with E-state index in [0.717, 1.165) is 16.7 Å². The highest BCUT2D eigenvalue weighted by molar-refractivity contribution is 5.88. The van der Waals surface area contributed by atoms with Crippen molar-refractivity contribution in [3.63, 3.8) is 0 Å². The molecule has 0 atom stereocenters. The fraction of sp³-hybridized carbons (Fsp3) is 0.111. The standard InChI is InChI=1S/C18H18N2/c1-19-13-17-10-16(11-18(12-17)14-20-2)9-8-15-6-4-3-5-7-15/h3-14H,1-2H3/b9-8+,19-13?,20-14?. The van der Waals surface area contributed by atoms with E-state index in [1.807, 2.05) is 30.6 Å². The summed E-state index contributed by atoms with van der Waals surface area (Å²) < 4.78 is 0. The van der Waals surface area contributed by atoms with E-state index < -0.39 is 0 Å². The second-order valence-corrected chi connectivity index (χ2v) is 4.45. The summed E-state index contributed by atoms with van der Waals surface area (Å²) in [5.41, 5.74) is 4.49. The van der Waals surface area contributed by atoms with Gasteiger partial charge in [0.2, 0.25) is 0 Å². The molecule has 0 bridgehead atoms. The third-order valence-electron chi connectivity index (χ3n) is 2.82. The molecule has 2 rings (SSSR count). The van der Waals surface area contributed by atoms with Crippen LogP contribution in [-0.4, -0.2) is 26.5 Å². The summed E-state index contributed by atoms with van der Waals surface area (Å²) in [6.07, 6.45) is 7.92. The van der Waals surface area contributed by atoms with E-state index in [0.29, 0.717) is 0 Å². The molecule has 0 aliphatic heterocycles. The normalized spacial score (nSPS) is 11.9. The molecule has 0 heterocycles. The summed E-state index contributed by atoms with van der Waals surface area (Å²) in [6, 6.07) is 16.6. The van der Waals surface area contributed by atoms with Crippen molar-refractivity contribution in [1.82, 2.24) is 0 Å². The molecule has 0 N–H and O–H groups in total. The van der Waals surface area contributed by atoms with Gasteiger partial charge in [-0.3, -0.25) is 9.98 Å². The molecular formula is C18H18N2. The lowest BCUT2D eigenvalue weighted by molar-refractivity contribution is 1.44. The summed E-state index contributed by atoms with van der Waals surface area (Å²) >= 11 is 0. The van der Waals surface area contributed by atoms with E-state index in [4.69, 9.17) is 0 Å². The van der Waals surface area contributed by atoms with Crippen LogP contribution in [0.5, 0.6) is 0 Å². The highest BCUT2D eigenvalue weighted by Crippen LogP contribution is 2.12. The zero-order valence-electron chi connectivity index (χ0n) is 11.8. The topological polar surface area (TPSA) is 24.7 Å². The molecule has 0 saturated carbocycles. The molecular weight excluding hydrogens is 244 g/mol. The van der Waals surface area contributed by atoms with Gasteiger partial charge in [0.25, 0.3) is 0 Å². The fourth-order valence-corrected chi connectivity index (χ4v) is 2.00. The SMILES string of the molecule is CN=Cc1cc(C=NC)cc(/C=C/c2ccccc2)c1. The zero-order chi connectivity index (χ0) is 14.2. The minimum Gasteiger partial charge on any atom is -0.296 e. The molecule has 2 aromatic rings. The van der Waals surface area contributed by atoms with Crippen molar-refractivity contribution in [3.05, 3.63) is 70.8 Å². The summed E-state index contributed by atoms with van der Waals surface area (Å²) in [5, 5.41) is 0. The second-order valence-electron chi connectivity index (χ2n) is 4.45. The molecule has 0 unspecified atom stereocenters. The van der Waals surface area contributed by atoms with Gasteiger partial charge < -0.3 is 0 Å². The summed E-state index contributed by atoms with van der Waals surface area (Å²) in [4.78, 5) is 8.15. The lowest BCUT2D eigenvalue weighted by Gasteiger charge is -2.01. The highest BCUT2D eigenvalue weighted by Gasteiger charge is 1.96. The summed E-state index contributed by atoms with van der Waals surface area (Å²) in [5.74, 6) is 0. The van der Waals surface area contributed by atoms with E-state index in [2.05, 4.69) is 52.5 Å². The van der Waals surface area contributed by atoms with Crippen LogP contribution in [0, 0.1) is 0 Å². The Kier molecular flexibility index (Phi) is 5.01. The maximum Gasteiger partial charge on any atom is 0.0281 e. The molecule has 0 spiro atoms. The quantitative estimate of drug-likeness (QED) is 0.588. The van der Waals surface area contributed by atoms with Gasteiger partial charge in [-0.1, -0.05) is 42.5 Å². The summed E-state index contributed by atoms with van der Waals surface area (Å²) in [6.45, 7) is 0. The Morgan fingerprint density at radius 3 is 1.70 bits per heavy atom. The van der Waals surface area contributed by atoms with Crippen LogP contribution in [0.2, 0.25) is 0 Å². The number of rotatable bonds is 4. The largest absolute Gasteiger partial charge is 0.296 e. The zero-order valence-corrected chi connectivity index (χ0v) is 11.8. The van der Waals surface area contributed by atoms with Crippen molar-refractivity contribution in [3.8, 4) is 0 Å². The summed E-state index contributed by atoms with van der Waals surface area (Å²) in [7, 11) is 3.56. The van der Waals surface area contributed by atoms with Gasteiger partial charge in [-0.2, -0.15) is 0 Å². The molecule has 20 heavy (non-hydrogen) atoms. The van der Waals surface area contributed by atoms with E-state index in [1.165, 1.54) is 5.56 Å². The van der Waals surface area contributed by atoms with Crippen molar-refractivity contribution >= 4 is 24.6 Å². The van der Waals surface area contributed by atoms with Gasteiger partial charge in [0.1, 0.15) is 0 Å². The number of hydrogen-bond acceptors (Lipinski definition) is 2. The van der Waals surface area contributed by atoms with Crippen molar-refractivity contribution in [2.75, 3.05) is 14.1 Å². The molecule has 0 aromatic heterocycles. The molecule has 2 nitrogen and oxygen atoms in total. The predicted molar refractivity (Wildman–Crippen MR) is 88.8 cm³/mol. The minimum atomic E-state index is 1.08. The Hall–Kier alpha value is -2.48. The monoisotopic (exact) mass is 262 g/mol. The Morgan fingerprint density at radius 2 is 1.15 bits per heavy atom. The van der Waals surface area contributed by atoms with Crippen LogP contribution in [-0.2, 0) is 0 Å². The van der Waals surface area contributed by atoms with Crippen LogP contribution >= 0.6 is 0 Å². The maximum absolute atomic E-state index is 4.07. The first-order valence-electron chi connectivity index (χ1n) is 6.54. The molecule has 0 aliphatic rings. The highest BCUT2D eigenvalue weighted by atomic mass is 14.6.